The molecule has 19 heavy (non-hydrogen) atoms. The minimum atomic E-state index is 0.368. The number of nitrogens with two attached hydrogens (primary N) is 1. The van der Waals surface area contributed by atoms with E-state index in [1.807, 2.05) is 7.05 Å². The van der Waals surface area contributed by atoms with Gasteiger partial charge in [0.2, 0.25) is 5.91 Å². The van der Waals surface area contributed by atoms with Gasteiger partial charge in [-0.3, -0.25) is 4.79 Å². The molecule has 0 aliphatic heterocycles. The Labute approximate surface area is 117 Å². The summed E-state index contributed by atoms with van der Waals surface area (Å²) in [6, 6.07) is 0.881. The van der Waals surface area contributed by atoms with Crippen LogP contribution in [0.4, 0.5) is 0 Å². The van der Waals surface area contributed by atoms with Crippen molar-refractivity contribution < 1.29 is 4.79 Å². The molecule has 0 spiro atoms. The van der Waals surface area contributed by atoms with Crippen molar-refractivity contribution in [1.29, 1.82) is 0 Å². The summed E-state index contributed by atoms with van der Waals surface area (Å²) in [5.74, 6) is 0.952. The zero-order chi connectivity index (χ0) is 13.7. The predicted octanol–water partition coefficient (Wildman–Crippen LogP) is 3.08. The molecule has 0 unspecified atom stereocenters. The van der Waals surface area contributed by atoms with Crippen LogP contribution in [0.3, 0.4) is 0 Å². The van der Waals surface area contributed by atoms with Crippen LogP contribution in [0.25, 0.3) is 0 Å². The molecule has 0 heterocycles. The first-order chi connectivity index (χ1) is 9.16. The molecule has 0 aromatic rings. The fraction of sp³-hybridized carbons (Fsp3) is 0.938. The average molecular weight is 266 g/mol. The van der Waals surface area contributed by atoms with Crippen molar-refractivity contribution in [2.24, 2.45) is 11.7 Å². The molecular formula is C16H30N2O. The number of rotatable bonds is 3. The number of hydrogen-bond donors (Lipinski definition) is 1. The maximum absolute atomic E-state index is 12.4. The van der Waals surface area contributed by atoms with Crippen LogP contribution < -0.4 is 5.73 Å². The molecule has 0 atom stereocenters. The fourth-order valence-corrected chi connectivity index (χ4v) is 3.63. The predicted molar refractivity (Wildman–Crippen MR) is 78.8 cm³/mol. The molecule has 1 amide bonds. The maximum Gasteiger partial charge on any atom is 0.222 e. The molecule has 2 N–H and O–H groups in total. The molecule has 0 saturated heterocycles. The van der Waals surface area contributed by atoms with Gasteiger partial charge in [-0.2, -0.15) is 0 Å². The molecule has 2 aliphatic carbocycles. The summed E-state index contributed by atoms with van der Waals surface area (Å²) < 4.78 is 0. The standard InChI is InChI=1S/C16H30N2O/c1-18(15-6-4-2-3-5-7-15)16(19)12-13-8-10-14(17)11-9-13/h13-15H,2-12,17H2,1H3. The highest BCUT2D eigenvalue weighted by atomic mass is 16.2. The maximum atomic E-state index is 12.4. The van der Waals surface area contributed by atoms with E-state index in [1.54, 1.807) is 0 Å². The van der Waals surface area contributed by atoms with E-state index in [4.69, 9.17) is 5.73 Å². The summed E-state index contributed by atoms with van der Waals surface area (Å²) in [7, 11) is 2.02. The van der Waals surface area contributed by atoms with Crippen LogP contribution in [0.5, 0.6) is 0 Å². The van der Waals surface area contributed by atoms with Crippen LogP contribution in [0.2, 0.25) is 0 Å². The number of amides is 1. The minimum absolute atomic E-state index is 0.368. The molecular weight excluding hydrogens is 236 g/mol. The van der Waals surface area contributed by atoms with Gasteiger partial charge in [-0.05, 0) is 44.4 Å². The topological polar surface area (TPSA) is 46.3 Å². The molecule has 2 aliphatic rings. The molecule has 0 aromatic heterocycles. The lowest BCUT2D eigenvalue weighted by Gasteiger charge is -2.31. The highest BCUT2D eigenvalue weighted by molar-refractivity contribution is 5.76. The van der Waals surface area contributed by atoms with Crippen LogP contribution in [-0.4, -0.2) is 29.9 Å². The van der Waals surface area contributed by atoms with Crippen molar-refractivity contribution in [2.45, 2.75) is 82.7 Å². The monoisotopic (exact) mass is 266 g/mol. The Kier molecular flexibility index (Phi) is 5.68. The lowest BCUT2D eigenvalue weighted by Crippen LogP contribution is -2.38. The van der Waals surface area contributed by atoms with E-state index >= 15 is 0 Å². The van der Waals surface area contributed by atoms with Gasteiger partial charge in [0, 0.05) is 25.6 Å². The Morgan fingerprint density at radius 3 is 2.16 bits per heavy atom. The average Bonchev–Trinajstić information content (AvgIpc) is 2.69. The third-order valence-electron chi connectivity index (χ3n) is 5.12. The molecule has 2 fully saturated rings. The SMILES string of the molecule is CN(C(=O)CC1CCC(N)CC1)C1CCCCCC1. The quantitative estimate of drug-likeness (QED) is 0.798. The van der Waals surface area contributed by atoms with Crippen molar-refractivity contribution in [2.75, 3.05) is 7.05 Å². The molecule has 0 bridgehead atoms. The smallest absolute Gasteiger partial charge is 0.222 e. The van der Waals surface area contributed by atoms with Gasteiger partial charge in [-0.15, -0.1) is 0 Å². The molecule has 3 heteroatoms. The second kappa shape index (κ2) is 7.28. The van der Waals surface area contributed by atoms with Crippen molar-refractivity contribution in [3.8, 4) is 0 Å². The molecule has 3 nitrogen and oxygen atoms in total. The lowest BCUT2D eigenvalue weighted by atomic mass is 9.84. The van der Waals surface area contributed by atoms with Gasteiger partial charge < -0.3 is 10.6 Å². The zero-order valence-electron chi connectivity index (χ0n) is 12.4. The van der Waals surface area contributed by atoms with Crippen molar-refractivity contribution >= 4 is 5.91 Å². The summed E-state index contributed by atoms with van der Waals surface area (Å²) in [5.41, 5.74) is 5.93. The number of carbonyl (C=O) groups excluding carboxylic acids is 1. The van der Waals surface area contributed by atoms with Gasteiger partial charge in [0.1, 0.15) is 0 Å². The highest BCUT2D eigenvalue weighted by Gasteiger charge is 2.25. The third kappa shape index (κ3) is 4.48. The van der Waals surface area contributed by atoms with E-state index in [0.29, 0.717) is 23.9 Å². The van der Waals surface area contributed by atoms with Gasteiger partial charge in [0.05, 0.1) is 0 Å². The summed E-state index contributed by atoms with van der Waals surface area (Å²) in [6.07, 6.45) is 12.9. The minimum Gasteiger partial charge on any atom is -0.343 e. The van der Waals surface area contributed by atoms with Crippen LogP contribution in [0.1, 0.15) is 70.6 Å². The first kappa shape index (κ1) is 14.8. The lowest BCUT2D eigenvalue weighted by molar-refractivity contribution is -0.133. The van der Waals surface area contributed by atoms with Crippen molar-refractivity contribution in [3.63, 3.8) is 0 Å². The zero-order valence-corrected chi connectivity index (χ0v) is 12.4. The molecule has 110 valence electrons. The molecule has 0 aromatic carbocycles. The largest absolute Gasteiger partial charge is 0.343 e. The van der Waals surface area contributed by atoms with E-state index in [-0.39, 0.29) is 0 Å². The second-order valence-corrected chi connectivity index (χ2v) is 6.63. The van der Waals surface area contributed by atoms with E-state index in [0.717, 1.165) is 32.1 Å². The first-order valence-electron chi connectivity index (χ1n) is 8.18. The van der Waals surface area contributed by atoms with Gasteiger partial charge in [-0.25, -0.2) is 0 Å². The Morgan fingerprint density at radius 1 is 1.00 bits per heavy atom. The Balaban J connectivity index is 1.78. The third-order valence-corrected chi connectivity index (χ3v) is 5.12. The van der Waals surface area contributed by atoms with Crippen LogP contribution in [-0.2, 0) is 4.79 Å². The van der Waals surface area contributed by atoms with Gasteiger partial charge in [-0.1, -0.05) is 25.7 Å². The summed E-state index contributed by atoms with van der Waals surface area (Å²) >= 11 is 0. The van der Waals surface area contributed by atoms with Crippen molar-refractivity contribution in [3.05, 3.63) is 0 Å². The fourth-order valence-electron chi connectivity index (χ4n) is 3.63. The van der Waals surface area contributed by atoms with Crippen molar-refractivity contribution in [1.82, 2.24) is 4.90 Å². The van der Waals surface area contributed by atoms with Gasteiger partial charge >= 0.3 is 0 Å². The highest BCUT2D eigenvalue weighted by Crippen LogP contribution is 2.28. The van der Waals surface area contributed by atoms with E-state index in [2.05, 4.69) is 4.90 Å². The van der Waals surface area contributed by atoms with E-state index in [1.165, 1.54) is 38.5 Å². The molecule has 2 saturated carbocycles. The normalized spacial score (nSPS) is 29.8. The number of hydrogen-bond acceptors (Lipinski definition) is 2. The first-order valence-corrected chi connectivity index (χ1v) is 8.18. The molecule has 0 radical (unpaired) electrons. The Hall–Kier alpha value is -0.570. The van der Waals surface area contributed by atoms with Gasteiger partial charge in [0.15, 0.2) is 0 Å². The molecule has 2 rings (SSSR count). The van der Waals surface area contributed by atoms with E-state index in [9.17, 15) is 4.79 Å². The van der Waals surface area contributed by atoms with Crippen LogP contribution in [0.15, 0.2) is 0 Å². The number of nitrogens with zero attached hydrogens (tertiary/aromatic N) is 1. The summed E-state index contributed by atoms with van der Waals surface area (Å²) in [6.45, 7) is 0. The number of carbonyl (C=O) groups is 1. The Morgan fingerprint density at radius 2 is 1.58 bits per heavy atom. The van der Waals surface area contributed by atoms with Gasteiger partial charge in [0.25, 0.3) is 0 Å². The summed E-state index contributed by atoms with van der Waals surface area (Å²) in [5, 5.41) is 0. The Bertz CT molecular complexity index is 276. The summed E-state index contributed by atoms with van der Waals surface area (Å²) in [4.78, 5) is 14.5. The second-order valence-electron chi connectivity index (χ2n) is 6.63. The van der Waals surface area contributed by atoms with Crippen LogP contribution in [0, 0.1) is 5.92 Å². The van der Waals surface area contributed by atoms with E-state index < -0.39 is 0 Å². The van der Waals surface area contributed by atoms with Crippen LogP contribution >= 0.6 is 0 Å².